The van der Waals surface area contributed by atoms with E-state index in [0.717, 1.165) is 26.2 Å². The van der Waals surface area contributed by atoms with Gasteiger partial charge in [-0.25, -0.2) is 4.99 Å². The van der Waals surface area contributed by atoms with Gasteiger partial charge in [0.25, 0.3) is 0 Å². The van der Waals surface area contributed by atoms with E-state index in [1.807, 2.05) is 18.9 Å². The fourth-order valence-corrected chi connectivity index (χ4v) is 3.47. The Balaban J connectivity index is 1.98. The van der Waals surface area contributed by atoms with Crippen LogP contribution in [0.3, 0.4) is 0 Å². The van der Waals surface area contributed by atoms with Crippen molar-refractivity contribution in [1.29, 1.82) is 0 Å². The van der Waals surface area contributed by atoms with Gasteiger partial charge in [0, 0.05) is 26.2 Å². The minimum atomic E-state index is -1.11. The molecule has 2 heterocycles. The zero-order valence-corrected chi connectivity index (χ0v) is 17.1. The third-order valence-electron chi connectivity index (χ3n) is 5.06. The maximum Gasteiger partial charge on any atom is 0.321 e. The molecule has 0 spiro atoms. The minimum Gasteiger partial charge on any atom is -0.504 e. The third kappa shape index (κ3) is 4.61. The molecule has 2 aliphatic heterocycles. The maximum absolute atomic E-state index is 12.9. The molecule has 3 rings (SSSR count). The molecule has 1 amide bonds. The molecule has 9 nitrogen and oxygen atoms in total. The fraction of sp³-hybridized carbons (Fsp3) is 0.550. The first-order valence-electron chi connectivity index (χ1n) is 9.89. The van der Waals surface area contributed by atoms with E-state index in [1.54, 1.807) is 19.1 Å². The van der Waals surface area contributed by atoms with Crippen molar-refractivity contribution >= 4 is 17.8 Å². The van der Waals surface area contributed by atoms with Crippen LogP contribution in [0.1, 0.15) is 25.5 Å². The number of amides is 1. The maximum atomic E-state index is 12.9. The smallest absolute Gasteiger partial charge is 0.321 e. The number of guanidine groups is 1. The van der Waals surface area contributed by atoms with Crippen molar-refractivity contribution in [2.24, 2.45) is 10.9 Å². The lowest BCUT2D eigenvalue weighted by Crippen LogP contribution is -2.56. The van der Waals surface area contributed by atoms with Crippen LogP contribution in [0.2, 0.25) is 0 Å². The number of nitrogens with one attached hydrogen (secondary N) is 1. The highest BCUT2D eigenvalue weighted by molar-refractivity contribution is 6.08. The summed E-state index contributed by atoms with van der Waals surface area (Å²) in [5.74, 6) is -1.43. The molecular weight excluding hydrogens is 376 g/mol. The quantitative estimate of drug-likeness (QED) is 0.551. The molecule has 1 aromatic carbocycles. The second-order valence-electron chi connectivity index (χ2n) is 7.07. The van der Waals surface area contributed by atoms with Gasteiger partial charge in [0.15, 0.2) is 17.4 Å². The van der Waals surface area contributed by atoms with E-state index in [9.17, 15) is 14.7 Å². The van der Waals surface area contributed by atoms with Crippen LogP contribution in [-0.2, 0) is 14.3 Å². The first kappa shape index (κ1) is 20.9. The van der Waals surface area contributed by atoms with Crippen LogP contribution in [0, 0.1) is 5.92 Å². The lowest BCUT2D eigenvalue weighted by Gasteiger charge is -2.37. The molecule has 0 radical (unpaired) electrons. The Hall–Kier alpha value is -2.81. The average Bonchev–Trinajstić information content (AvgIpc) is 2.70. The van der Waals surface area contributed by atoms with Crippen LogP contribution < -0.4 is 10.1 Å². The molecular formula is C20H28N4O5. The van der Waals surface area contributed by atoms with Gasteiger partial charge in [-0.1, -0.05) is 6.07 Å². The van der Waals surface area contributed by atoms with E-state index in [-0.39, 0.29) is 18.1 Å². The van der Waals surface area contributed by atoms with E-state index < -0.39 is 23.8 Å². The zero-order valence-electron chi connectivity index (χ0n) is 17.1. The van der Waals surface area contributed by atoms with Gasteiger partial charge in [0.05, 0.1) is 13.2 Å². The Morgan fingerprint density at radius 2 is 1.97 bits per heavy atom. The van der Waals surface area contributed by atoms with Crippen molar-refractivity contribution in [2.45, 2.75) is 19.9 Å². The number of ether oxygens (including phenoxy) is 2. The summed E-state index contributed by atoms with van der Waals surface area (Å²) >= 11 is 0. The van der Waals surface area contributed by atoms with Crippen molar-refractivity contribution in [3.05, 3.63) is 23.8 Å². The molecule has 0 aromatic heterocycles. The summed E-state index contributed by atoms with van der Waals surface area (Å²) < 4.78 is 10.6. The number of carbonyl (C=O) groups excluding carboxylic acids is 2. The zero-order chi connectivity index (χ0) is 21.0. The molecule has 158 valence electrons. The Morgan fingerprint density at radius 3 is 2.62 bits per heavy atom. The molecule has 0 unspecified atom stereocenters. The van der Waals surface area contributed by atoms with Crippen LogP contribution in [0.25, 0.3) is 0 Å². The number of esters is 1. The number of carbonyl (C=O) groups is 2. The predicted octanol–water partition coefficient (Wildman–Crippen LogP) is 0.745. The Kier molecular flexibility index (Phi) is 6.58. The molecule has 29 heavy (non-hydrogen) atoms. The molecule has 2 atom stereocenters. The Bertz CT molecular complexity index is 789. The largest absolute Gasteiger partial charge is 0.504 e. The summed E-state index contributed by atoms with van der Waals surface area (Å²) in [7, 11) is 2.05. The van der Waals surface area contributed by atoms with Crippen molar-refractivity contribution < 1.29 is 24.2 Å². The molecule has 2 N–H and O–H groups in total. The van der Waals surface area contributed by atoms with Gasteiger partial charge in [0.1, 0.15) is 6.04 Å². The van der Waals surface area contributed by atoms with Crippen molar-refractivity contribution in [1.82, 2.24) is 15.1 Å². The molecule has 1 fully saturated rings. The van der Waals surface area contributed by atoms with E-state index >= 15 is 0 Å². The Labute approximate surface area is 170 Å². The van der Waals surface area contributed by atoms with Gasteiger partial charge in [0.2, 0.25) is 11.9 Å². The summed E-state index contributed by atoms with van der Waals surface area (Å²) in [5.41, 5.74) is 0.603. The second kappa shape index (κ2) is 9.13. The van der Waals surface area contributed by atoms with E-state index in [0.29, 0.717) is 18.1 Å². The van der Waals surface area contributed by atoms with Crippen molar-refractivity contribution in [3.63, 3.8) is 0 Å². The number of benzene rings is 1. The van der Waals surface area contributed by atoms with Crippen LogP contribution in [0.5, 0.6) is 11.5 Å². The van der Waals surface area contributed by atoms with Gasteiger partial charge >= 0.3 is 5.97 Å². The Morgan fingerprint density at radius 1 is 1.24 bits per heavy atom. The molecule has 1 saturated heterocycles. The minimum absolute atomic E-state index is 0.00758. The standard InChI is InChI=1S/C20H28N4O5/c1-4-28-15-12-13(6-7-14(15)25)17-16(19(27)29-5-2)18(26)22-20(21-17)24-10-8-23(3)9-11-24/h6-7,12,16-17,25H,4-5,8-11H2,1-3H3,(H,21,22,26)/t16-,17+/m0/s1. The van der Waals surface area contributed by atoms with Crippen LogP contribution in [0.15, 0.2) is 23.2 Å². The highest BCUT2D eigenvalue weighted by Crippen LogP contribution is 2.36. The SMILES string of the molecule is CCOC(=O)[C@@H]1C(=O)NC(N2CCN(C)CC2)=N[C@@H]1c1ccc(O)c(OCC)c1. The van der Waals surface area contributed by atoms with E-state index in [1.165, 1.54) is 6.07 Å². The van der Waals surface area contributed by atoms with Gasteiger partial charge in [-0.2, -0.15) is 0 Å². The normalized spacial score (nSPS) is 22.7. The average molecular weight is 404 g/mol. The van der Waals surface area contributed by atoms with Crippen molar-refractivity contribution in [3.8, 4) is 11.5 Å². The number of hydrogen-bond donors (Lipinski definition) is 2. The molecule has 0 bridgehead atoms. The molecule has 0 saturated carbocycles. The van der Waals surface area contributed by atoms with E-state index in [4.69, 9.17) is 14.5 Å². The molecule has 9 heteroatoms. The number of phenols is 1. The second-order valence-corrected chi connectivity index (χ2v) is 7.07. The summed E-state index contributed by atoms with van der Waals surface area (Å²) in [5, 5.41) is 12.8. The highest BCUT2D eigenvalue weighted by Gasteiger charge is 2.42. The number of aliphatic imine (C=N–C) groups is 1. The van der Waals surface area contributed by atoms with Gasteiger partial charge < -0.3 is 24.4 Å². The number of nitrogens with zero attached hydrogens (tertiary/aromatic N) is 3. The first-order valence-corrected chi connectivity index (χ1v) is 9.89. The number of aromatic hydroxyl groups is 1. The number of likely N-dealkylation sites (N-methyl/N-ethyl adjacent to an activating group) is 1. The van der Waals surface area contributed by atoms with Gasteiger partial charge in [-0.3, -0.25) is 14.9 Å². The summed E-state index contributed by atoms with van der Waals surface area (Å²) in [6, 6.07) is 4.00. The summed E-state index contributed by atoms with van der Waals surface area (Å²) in [4.78, 5) is 34.4. The monoisotopic (exact) mass is 404 g/mol. The number of piperazine rings is 1. The van der Waals surface area contributed by atoms with E-state index in [2.05, 4.69) is 10.2 Å². The fourth-order valence-electron chi connectivity index (χ4n) is 3.47. The van der Waals surface area contributed by atoms with Gasteiger partial charge in [-0.05, 0) is 38.6 Å². The van der Waals surface area contributed by atoms with Crippen LogP contribution in [-0.4, -0.2) is 79.2 Å². The molecule has 0 aliphatic carbocycles. The van der Waals surface area contributed by atoms with Crippen molar-refractivity contribution in [2.75, 3.05) is 46.4 Å². The summed E-state index contributed by atoms with van der Waals surface area (Å²) in [6.45, 7) is 7.22. The molecule has 1 aromatic rings. The van der Waals surface area contributed by atoms with Crippen LogP contribution in [0.4, 0.5) is 0 Å². The number of phenolic OH excluding ortho intramolecular Hbond substituents is 1. The lowest BCUT2D eigenvalue weighted by atomic mass is 9.91. The van der Waals surface area contributed by atoms with Crippen LogP contribution >= 0.6 is 0 Å². The molecule has 2 aliphatic rings. The number of hydrogen-bond acceptors (Lipinski definition) is 8. The van der Waals surface area contributed by atoms with Gasteiger partial charge in [-0.15, -0.1) is 0 Å². The topological polar surface area (TPSA) is 104 Å². The first-order chi connectivity index (χ1) is 13.9. The predicted molar refractivity (Wildman–Crippen MR) is 107 cm³/mol. The highest BCUT2D eigenvalue weighted by atomic mass is 16.5. The third-order valence-corrected chi connectivity index (χ3v) is 5.06. The summed E-state index contributed by atoms with van der Waals surface area (Å²) in [6.07, 6.45) is 0. The lowest BCUT2D eigenvalue weighted by molar-refractivity contribution is -0.153. The number of rotatable bonds is 5.